The molecule has 0 aromatic heterocycles. The number of hydrogen-bond acceptors (Lipinski definition) is 1. The number of allylic oxidation sites excluding steroid dienone is 2. The summed E-state index contributed by atoms with van der Waals surface area (Å²) in [6, 6.07) is 0. The highest BCUT2D eigenvalue weighted by molar-refractivity contribution is 5.19. The monoisotopic (exact) mass is 136 g/mol. The molecular weight excluding hydrogens is 124 g/mol. The Balaban J connectivity index is 2.19. The fraction of sp³-hybridized carbons (Fsp3) is 0.556. The molecule has 2 aliphatic carbocycles. The molecular formula is C9H12O. The smallest absolute Gasteiger partial charge is 0.0815 e. The Morgan fingerprint density at radius 1 is 1.20 bits per heavy atom. The summed E-state index contributed by atoms with van der Waals surface area (Å²) < 4.78 is 5.28. The van der Waals surface area contributed by atoms with Gasteiger partial charge in [-0.2, -0.15) is 0 Å². The maximum absolute atomic E-state index is 5.28. The topological polar surface area (TPSA) is 9.23 Å². The molecule has 0 spiro atoms. The third-order valence-corrected chi connectivity index (χ3v) is 2.39. The van der Waals surface area contributed by atoms with E-state index in [4.69, 9.17) is 4.74 Å². The van der Waals surface area contributed by atoms with Gasteiger partial charge in [0.15, 0.2) is 0 Å². The lowest BCUT2D eigenvalue weighted by Crippen LogP contribution is -2.20. The van der Waals surface area contributed by atoms with E-state index in [1.165, 1.54) is 6.42 Å². The van der Waals surface area contributed by atoms with Crippen molar-refractivity contribution in [2.24, 2.45) is 11.8 Å². The third-order valence-electron chi connectivity index (χ3n) is 2.39. The van der Waals surface area contributed by atoms with E-state index in [0.717, 1.165) is 0 Å². The molecule has 0 heterocycles. The highest BCUT2D eigenvalue weighted by Crippen LogP contribution is 2.33. The van der Waals surface area contributed by atoms with Crippen LogP contribution >= 0.6 is 0 Å². The van der Waals surface area contributed by atoms with Crippen LogP contribution in [0.15, 0.2) is 24.3 Å². The van der Waals surface area contributed by atoms with Gasteiger partial charge in [0.25, 0.3) is 0 Å². The van der Waals surface area contributed by atoms with E-state index in [2.05, 4.69) is 24.3 Å². The first-order valence-corrected chi connectivity index (χ1v) is 3.79. The molecule has 1 nitrogen and oxygen atoms in total. The lowest BCUT2D eigenvalue weighted by atomic mass is 9.92. The molecule has 0 saturated heterocycles. The maximum Gasteiger partial charge on any atom is 0.0815 e. The zero-order valence-electron chi connectivity index (χ0n) is 6.16. The summed E-state index contributed by atoms with van der Waals surface area (Å²) in [6.07, 6.45) is 10.6. The Morgan fingerprint density at radius 2 is 2.00 bits per heavy atom. The fourth-order valence-corrected chi connectivity index (χ4v) is 1.79. The summed E-state index contributed by atoms with van der Waals surface area (Å²) in [4.78, 5) is 0. The van der Waals surface area contributed by atoms with Crippen molar-refractivity contribution < 1.29 is 4.74 Å². The van der Waals surface area contributed by atoms with Gasteiger partial charge in [-0.05, 0) is 12.3 Å². The summed E-state index contributed by atoms with van der Waals surface area (Å²) in [5, 5.41) is 0. The third kappa shape index (κ3) is 0.816. The Bertz CT molecular complexity index is 181. The van der Waals surface area contributed by atoms with Crippen molar-refractivity contribution in [3.8, 4) is 0 Å². The molecule has 2 aliphatic rings. The highest BCUT2D eigenvalue weighted by Gasteiger charge is 2.27. The zero-order valence-corrected chi connectivity index (χ0v) is 6.16. The van der Waals surface area contributed by atoms with Crippen LogP contribution in [0.5, 0.6) is 0 Å². The normalized spacial score (nSPS) is 42.7. The second kappa shape index (κ2) is 2.24. The van der Waals surface area contributed by atoms with Gasteiger partial charge >= 0.3 is 0 Å². The Labute approximate surface area is 61.4 Å². The molecule has 3 atom stereocenters. The fourth-order valence-electron chi connectivity index (χ4n) is 1.79. The summed E-state index contributed by atoms with van der Waals surface area (Å²) in [6.45, 7) is 0. The first-order chi connectivity index (χ1) is 4.90. The molecule has 0 aromatic carbocycles. The predicted molar refractivity (Wildman–Crippen MR) is 40.7 cm³/mol. The number of fused-ring (bicyclic) bond motifs is 2. The lowest BCUT2D eigenvalue weighted by molar-refractivity contribution is 0.0996. The van der Waals surface area contributed by atoms with Crippen LogP contribution in [-0.2, 0) is 4.74 Å². The molecule has 1 heteroatoms. The van der Waals surface area contributed by atoms with Gasteiger partial charge in [-0.25, -0.2) is 0 Å². The van der Waals surface area contributed by atoms with Gasteiger partial charge in [-0.15, -0.1) is 0 Å². The first-order valence-electron chi connectivity index (χ1n) is 3.79. The first kappa shape index (κ1) is 6.17. The average Bonchev–Trinajstić information content (AvgIpc) is 2.34. The van der Waals surface area contributed by atoms with Crippen LogP contribution in [0.3, 0.4) is 0 Å². The van der Waals surface area contributed by atoms with Gasteiger partial charge in [0.2, 0.25) is 0 Å². The van der Waals surface area contributed by atoms with Gasteiger partial charge in [0.05, 0.1) is 6.10 Å². The molecule has 54 valence electrons. The molecule has 0 aliphatic heterocycles. The maximum atomic E-state index is 5.28. The van der Waals surface area contributed by atoms with Gasteiger partial charge in [0.1, 0.15) is 0 Å². The van der Waals surface area contributed by atoms with Crippen molar-refractivity contribution >= 4 is 0 Å². The summed E-state index contributed by atoms with van der Waals surface area (Å²) in [7, 11) is 1.78. The van der Waals surface area contributed by atoms with Crippen LogP contribution in [0.25, 0.3) is 0 Å². The molecule has 2 rings (SSSR count). The number of hydrogen-bond donors (Lipinski definition) is 0. The molecule has 0 radical (unpaired) electrons. The van der Waals surface area contributed by atoms with Crippen LogP contribution in [0.2, 0.25) is 0 Å². The number of rotatable bonds is 1. The summed E-state index contributed by atoms with van der Waals surface area (Å²) >= 11 is 0. The standard InChI is InChI=1S/C9H12O/c1-10-9-5-3-7-2-4-8(9)6-7/h2-5,7-9H,6H2,1H3/t7-,8-,9-/m1/s1. The molecule has 0 aromatic rings. The number of ether oxygens (including phenoxy) is 1. The molecule has 0 unspecified atom stereocenters. The zero-order chi connectivity index (χ0) is 6.97. The molecule has 0 N–H and O–H groups in total. The van der Waals surface area contributed by atoms with Gasteiger partial charge in [0, 0.05) is 13.0 Å². The second-order valence-corrected chi connectivity index (χ2v) is 3.03. The van der Waals surface area contributed by atoms with Gasteiger partial charge in [-0.3, -0.25) is 0 Å². The summed E-state index contributed by atoms with van der Waals surface area (Å²) in [5.74, 6) is 1.36. The van der Waals surface area contributed by atoms with E-state index in [-0.39, 0.29) is 0 Å². The van der Waals surface area contributed by atoms with E-state index in [9.17, 15) is 0 Å². The minimum atomic E-state index is 0.343. The van der Waals surface area contributed by atoms with Crippen molar-refractivity contribution in [3.05, 3.63) is 24.3 Å². The van der Waals surface area contributed by atoms with Crippen molar-refractivity contribution in [2.75, 3.05) is 7.11 Å². The van der Waals surface area contributed by atoms with E-state index in [1.807, 2.05) is 0 Å². The number of methoxy groups -OCH3 is 1. The van der Waals surface area contributed by atoms with E-state index in [1.54, 1.807) is 7.11 Å². The Kier molecular flexibility index (Phi) is 1.38. The minimum absolute atomic E-state index is 0.343. The highest BCUT2D eigenvalue weighted by atomic mass is 16.5. The minimum Gasteiger partial charge on any atom is -0.377 e. The summed E-state index contributed by atoms with van der Waals surface area (Å²) in [5.41, 5.74) is 0. The largest absolute Gasteiger partial charge is 0.377 e. The van der Waals surface area contributed by atoms with Gasteiger partial charge in [-0.1, -0.05) is 24.3 Å². The predicted octanol–water partition coefficient (Wildman–Crippen LogP) is 1.76. The molecule has 0 amide bonds. The molecule has 10 heavy (non-hydrogen) atoms. The molecule has 0 fully saturated rings. The van der Waals surface area contributed by atoms with E-state index < -0.39 is 0 Å². The van der Waals surface area contributed by atoms with Crippen molar-refractivity contribution in [3.63, 3.8) is 0 Å². The van der Waals surface area contributed by atoms with Crippen LogP contribution in [0, 0.1) is 11.8 Å². The molecule has 2 bridgehead atoms. The SMILES string of the molecule is CO[C@@H]1C=C[C@H]2C=C[C@@H]1C2. The quantitative estimate of drug-likeness (QED) is 0.499. The molecule has 0 saturated carbocycles. The van der Waals surface area contributed by atoms with E-state index >= 15 is 0 Å². The van der Waals surface area contributed by atoms with E-state index in [0.29, 0.717) is 17.9 Å². The van der Waals surface area contributed by atoms with Gasteiger partial charge < -0.3 is 4.74 Å². The Hall–Kier alpha value is -0.560. The Morgan fingerprint density at radius 3 is 2.80 bits per heavy atom. The van der Waals surface area contributed by atoms with Crippen LogP contribution < -0.4 is 0 Å². The second-order valence-electron chi connectivity index (χ2n) is 3.03. The average molecular weight is 136 g/mol. The van der Waals surface area contributed by atoms with Crippen molar-refractivity contribution in [1.82, 2.24) is 0 Å². The van der Waals surface area contributed by atoms with Crippen molar-refractivity contribution in [2.45, 2.75) is 12.5 Å². The van der Waals surface area contributed by atoms with Crippen LogP contribution in [0.4, 0.5) is 0 Å². The van der Waals surface area contributed by atoms with Crippen molar-refractivity contribution in [1.29, 1.82) is 0 Å². The van der Waals surface area contributed by atoms with Crippen LogP contribution in [0.1, 0.15) is 6.42 Å². The van der Waals surface area contributed by atoms with Crippen LogP contribution in [-0.4, -0.2) is 13.2 Å². The lowest BCUT2D eigenvalue weighted by Gasteiger charge is -2.21.